The third kappa shape index (κ3) is 4.31. The van der Waals surface area contributed by atoms with Crippen molar-refractivity contribution >= 4 is 41.7 Å². The number of imidazole rings is 2. The standard InChI is InChI=1S/C20H24FN10O8P/c21-10-9(2-32)39-19(31-6-27-12-16(31)28-20(23)29-17(12)34)13(10)40(35,36)37-3-7-1-8(33)18(38-7)30-5-26-11-14(22)24-4-25-15(11)30/h4-10,13,18-19,32-33H,1-3H2,(H,35,36)(H2,22,24,25)(H3,23,28,29,34)/t7-,8+,9+,10+,13+,18+,19+/m0/s1. The number of rotatable bonds is 7. The lowest BCUT2D eigenvalue weighted by Gasteiger charge is -2.26. The Balaban J connectivity index is 1.23. The molecule has 20 heteroatoms. The molecule has 0 aromatic carbocycles. The molecule has 1 unspecified atom stereocenters. The van der Waals surface area contributed by atoms with Gasteiger partial charge >= 0.3 is 7.60 Å². The molecule has 6 rings (SSSR count). The van der Waals surface area contributed by atoms with Gasteiger partial charge in [0.05, 0.1) is 32.0 Å². The summed E-state index contributed by atoms with van der Waals surface area (Å²) >= 11 is 0. The van der Waals surface area contributed by atoms with Gasteiger partial charge in [-0.05, 0) is 0 Å². The average molecular weight is 582 g/mol. The van der Waals surface area contributed by atoms with Gasteiger partial charge in [-0.2, -0.15) is 4.98 Å². The molecule has 0 saturated carbocycles. The molecule has 0 aliphatic carbocycles. The Morgan fingerprint density at radius 2 is 1.85 bits per heavy atom. The minimum absolute atomic E-state index is 0.00590. The van der Waals surface area contributed by atoms with Crippen molar-refractivity contribution in [1.82, 2.24) is 39.0 Å². The molecule has 2 aliphatic rings. The van der Waals surface area contributed by atoms with Gasteiger partial charge in [-0.3, -0.25) is 23.5 Å². The zero-order valence-corrected chi connectivity index (χ0v) is 21.3. The highest BCUT2D eigenvalue weighted by Crippen LogP contribution is 2.58. The number of H-pyrrole nitrogens is 1. The van der Waals surface area contributed by atoms with Gasteiger partial charge in [0.25, 0.3) is 5.56 Å². The van der Waals surface area contributed by atoms with Crippen molar-refractivity contribution in [2.45, 2.75) is 49.0 Å². The number of nitrogens with two attached hydrogens (primary N) is 2. The van der Waals surface area contributed by atoms with Crippen molar-refractivity contribution < 1.29 is 38.1 Å². The number of halogens is 1. The summed E-state index contributed by atoms with van der Waals surface area (Å²) in [4.78, 5) is 45.4. The highest BCUT2D eigenvalue weighted by Gasteiger charge is 2.56. The van der Waals surface area contributed by atoms with Crippen LogP contribution in [0.1, 0.15) is 18.9 Å². The van der Waals surface area contributed by atoms with E-state index < -0.39 is 69.0 Å². The van der Waals surface area contributed by atoms with Gasteiger partial charge in [-0.1, -0.05) is 0 Å². The first-order chi connectivity index (χ1) is 19.1. The maximum Gasteiger partial charge on any atom is 0.338 e. The number of aromatic nitrogens is 8. The van der Waals surface area contributed by atoms with Gasteiger partial charge in [0, 0.05) is 6.42 Å². The lowest BCUT2D eigenvalue weighted by atomic mass is 10.2. The molecule has 6 heterocycles. The molecule has 8 N–H and O–H groups in total. The SMILES string of the molecule is Nc1nc2c(ncn2[C@@H]2O[C@H](CO)[C@@H](F)[C@H]2P(=O)(O)OC[C@@H]2C[C@@H](O)[C@H](n3cnc4c(N)ncnc43)O2)c(=O)[nH]1. The Hall–Kier alpha value is -3.58. The van der Waals surface area contributed by atoms with E-state index in [1.807, 2.05) is 0 Å². The maximum absolute atomic E-state index is 15.4. The first-order valence-electron chi connectivity index (χ1n) is 11.9. The largest absolute Gasteiger partial charge is 0.394 e. The molecular weight excluding hydrogens is 558 g/mol. The topological polar surface area (TPSA) is 265 Å². The Kier molecular flexibility index (Phi) is 6.53. The number of aromatic amines is 1. The van der Waals surface area contributed by atoms with E-state index in [2.05, 4.69) is 29.9 Å². The van der Waals surface area contributed by atoms with Gasteiger partial charge in [0.1, 0.15) is 35.9 Å². The molecule has 4 aromatic heterocycles. The molecule has 18 nitrogen and oxygen atoms in total. The van der Waals surface area contributed by atoms with Crippen LogP contribution in [0.15, 0.2) is 23.8 Å². The number of alkyl halides is 1. The van der Waals surface area contributed by atoms with Crippen LogP contribution in [0.4, 0.5) is 16.2 Å². The average Bonchev–Trinajstić information content (AvgIpc) is 3.67. The van der Waals surface area contributed by atoms with Gasteiger partial charge in [0.15, 0.2) is 35.1 Å². The highest BCUT2D eigenvalue weighted by atomic mass is 31.2. The van der Waals surface area contributed by atoms with Gasteiger partial charge in [-0.25, -0.2) is 24.3 Å². The van der Waals surface area contributed by atoms with Crippen LogP contribution in [0.25, 0.3) is 22.3 Å². The first kappa shape index (κ1) is 26.6. The minimum Gasteiger partial charge on any atom is -0.394 e. The number of aliphatic hydroxyl groups excluding tert-OH is 2. The summed E-state index contributed by atoms with van der Waals surface area (Å²) in [6.45, 7) is -1.30. The maximum atomic E-state index is 15.4. The summed E-state index contributed by atoms with van der Waals surface area (Å²) in [6.07, 6.45) is -4.37. The van der Waals surface area contributed by atoms with Crippen molar-refractivity contribution in [3.05, 3.63) is 29.3 Å². The van der Waals surface area contributed by atoms with E-state index in [1.54, 1.807) is 0 Å². The van der Waals surface area contributed by atoms with Crippen LogP contribution >= 0.6 is 7.60 Å². The van der Waals surface area contributed by atoms with E-state index in [0.717, 1.165) is 10.9 Å². The van der Waals surface area contributed by atoms with Crippen LogP contribution in [-0.4, -0.2) is 97.5 Å². The Morgan fingerprint density at radius 1 is 1.12 bits per heavy atom. The second kappa shape index (κ2) is 9.81. The lowest BCUT2D eigenvalue weighted by Crippen LogP contribution is -2.31. The predicted octanol–water partition coefficient (Wildman–Crippen LogP) is -1.43. The fourth-order valence-electron chi connectivity index (χ4n) is 4.98. The summed E-state index contributed by atoms with van der Waals surface area (Å²) in [7, 11) is -4.87. The summed E-state index contributed by atoms with van der Waals surface area (Å²) in [5, 5.41) is 20.2. The molecule has 40 heavy (non-hydrogen) atoms. The highest BCUT2D eigenvalue weighted by molar-refractivity contribution is 7.53. The van der Waals surface area contributed by atoms with Crippen molar-refractivity contribution in [3.63, 3.8) is 0 Å². The summed E-state index contributed by atoms with van der Waals surface area (Å²) in [6, 6.07) is 0. The Bertz CT molecular complexity index is 1680. The third-order valence-electron chi connectivity index (χ3n) is 6.84. The van der Waals surface area contributed by atoms with Crippen LogP contribution in [-0.2, 0) is 18.6 Å². The van der Waals surface area contributed by atoms with E-state index in [-0.39, 0.29) is 29.4 Å². The van der Waals surface area contributed by atoms with Crippen molar-refractivity contribution in [2.24, 2.45) is 0 Å². The molecule has 2 fully saturated rings. The number of anilines is 2. The second-order valence-electron chi connectivity index (χ2n) is 9.35. The quantitative estimate of drug-likeness (QED) is 0.136. The number of hydrogen-bond donors (Lipinski definition) is 6. The van der Waals surface area contributed by atoms with E-state index in [1.165, 1.54) is 17.2 Å². The van der Waals surface area contributed by atoms with E-state index in [4.69, 9.17) is 25.5 Å². The van der Waals surface area contributed by atoms with Crippen LogP contribution in [0, 0.1) is 0 Å². The van der Waals surface area contributed by atoms with Crippen LogP contribution in [0.2, 0.25) is 0 Å². The van der Waals surface area contributed by atoms with Crippen molar-refractivity contribution in [1.29, 1.82) is 0 Å². The molecule has 2 saturated heterocycles. The van der Waals surface area contributed by atoms with Gasteiger partial charge < -0.3 is 40.6 Å². The van der Waals surface area contributed by atoms with Crippen LogP contribution in [0.5, 0.6) is 0 Å². The summed E-state index contributed by atoms with van der Waals surface area (Å²) in [5.74, 6) is -0.125. The van der Waals surface area contributed by atoms with Gasteiger partial charge in [0.2, 0.25) is 5.95 Å². The van der Waals surface area contributed by atoms with E-state index in [0.29, 0.717) is 11.2 Å². The third-order valence-corrected chi connectivity index (χ3v) is 8.65. The molecule has 0 spiro atoms. The smallest absolute Gasteiger partial charge is 0.338 e. The normalized spacial score (nSPS) is 30.4. The zero-order valence-electron chi connectivity index (χ0n) is 20.4. The second-order valence-corrected chi connectivity index (χ2v) is 11.3. The van der Waals surface area contributed by atoms with Crippen molar-refractivity contribution in [3.8, 4) is 0 Å². The molecular formula is C20H24FN10O8P. The fraction of sp³-hybridized carbons (Fsp3) is 0.500. The summed E-state index contributed by atoms with van der Waals surface area (Å²) < 4.78 is 48.1. The number of aliphatic hydroxyl groups is 2. The van der Waals surface area contributed by atoms with Gasteiger partial charge in [-0.15, -0.1) is 0 Å². The van der Waals surface area contributed by atoms with Crippen LogP contribution in [0.3, 0.4) is 0 Å². The number of nitrogens with one attached hydrogen (secondary N) is 1. The fourth-order valence-corrected chi connectivity index (χ4v) is 6.62. The number of ether oxygens (including phenoxy) is 2. The zero-order chi connectivity index (χ0) is 28.3. The monoisotopic (exact) mass is 582 g/mol. The number of nitrogens with zero attached hydrogens (tertiary/aromatic N) is 7. The lowest BCUT2D eigenvalue weighted by molar-refractivity contribution is -0.0475. The molecule has 0 bridgehead atoms. The molecule has 4 aromatic rings. The molecule has 2 aliphatic heterocycles. The van der Waals surface area contributed by atoms with E-state index >= 15 is 4.39 Å². The molecule has 0 radical (unpaired) electrons. The minimum atomic E-state index is -4.87. The summed E-state index contributed by atoms with van der Waals surface area (Å²) in [5.41, 5.74) is 9.25. The number of hydrogen-bond acceptors (Lipinski definition) is 14. The Morgan fingerprint density at radius 3 is 2.60 bits per heavy atom. The number of fused-ring (bicyclic) bond motifs is 2. The Labute approximate surface area is 222 Å². The van der Waals surface area contributed by atoms with Crippen LogP contribution < -0.4 is 17.0 Å². The van der Waals surface area contributed by atoms with Crippen molar-refractivity contribution in [2.75, 3.05) is 24.7 Å². The predicted molar refractivity (Wildman–Crippen MR) is 132 cm³/mol. The number of nitrogen functional groups attached to an aromatic ring is 2. The molecule has 8 atom stereocenters. The first-order valence-corrected chi connectivity index (χ1v) is 13.6. The molecule has 214 valence electrons. The molecule has 0 amide bonds. The van der Waals surface area contributed by atoms with E-state index in [9.17, 15) is 24.5 Å².